The number of carbonyl (C=O) groups excluding carboxylic acids is 1. The first-order chi connectivity index (χ1) is 19.3. The number of pyridine rings is 1. The maximum atomic E-state index is 13.4. The summed E-state index contributed by atoms with van der Waals surface area (Å²) in [7, 11) is 1.59. The fourth-order valence-corrected chi connectivity index (χ4v) is 4.88. The van der Waals surface area contributed by atoms with Gasteiger partial charge in [-0.1, -0.05) is 24.3 Å². The molecule has 1 saturated heterocycles. The molecule has 1 fully saturated rings. The van der Waals surface area contributed by atoms with Gasteiger partial charge in [0.1, 0.15) is 11.4 Å². The molecular weight excluding hydrogens is 521 g/mol. The number of nitrogens with one attached hydrogen (secondary N) is 1. The summed E-state index contributed by atoms with van der Waals surface area (Å²) in [6.45, 7) is 4.44. The summed E-state index contributed by atoms with van der Waals surface area (Å²) in [5, 5.41) is 3.00. The molecule has 0 bridgehead atoms. The van der Waals surface area contributed by atoms with E-state index in [4.69, 9.17) is 14.5 Å². The number of aromatic nitrogens is 2. The number of amides is 1. The zero-order chi connectivity index (χ0) is 28.1. The Morgan fingerprint density at radius 1 is 1.02 bits per heavy atom. The molecule has 1 amide bonds. The quantitative estimate of drug-likeness (QED) is 0.314. The number of methoxy groups -OCH3 is 1. The normalized spacial score (nSPS) is 14.4. The van der Waals surface area contributed by atoms with Crippen LogP contribution >= 0.6 is 0 Å². The van der Waals surface area contributed by atoms with Crippen molar-refractivity contribution in [3.63, 3.8) is 0 Å². The van der Waals surface area contributed by atoms with Crippen LogP contribution in [-0.2, 0) is 22.1 Å². The first kappa shape index (κ1) is 27.7. The van der Waals surface area contributed by atoms with Crippen LogP contribution in [0.25, 0.3) is 28.0 Å². The van der Waals surface area contributed by atoms with Gasteiger partial charge >= 0.3 is 6.18 Å². The van der Waals surface area contributed by atoms with Gasteiger partial charge in [0, 0.05) is 44.4 Å². The number of morpholine rings is 1. The van der Waals surface area contributed by atoms with Crippen LogP contribution in [0.1, 0.15) is 17.7 Å². The minimum Gasteiger partial charge on any atom is -0.497 e. The van der Waals surface area contributed by atoms with E-state index in [-0.39, 0.29) is 12.3 Å². The largest absolute Gasteiger partial charge is 0.497 e. The topological polar surface area (TPSA) is 68.1 Å². The van der Waals surface area contributed by atoms with E-state index in [1.54, 1.807) is 31.5 Å². The van der Waals surface area contributed by atoms with Gasteiger partial charge in [-0.3, -0.25) is 9.69 Å². The second-order valence-electron chi connectivity index (χ2n) is 9.67. The molecule has 4 aromatic rings. The lowest BCUT2D eigenvalue weighted by atomic mass is 10.0. The summed E-state index contributed by atoms with van der Waals surface area (Å²) < 4.78 is 52.7. The van der Waals surface area contributed by atoms with Crippen molar-refractivity contribution in [2.75, 3.05) is 46.5 Å². The van der Waals surface area contributed by atoms with Crippen LogP contribution in [0.4, 0.5) is 13.2 Å². The van der Waals surface area contributed by atoms with Gasteiger partial charge in [-0.15, -0.1) is 0 Å². The van der Waals surface area contributed by atoms with E-state index in [1.807, 2.05) is 28.7 Å². The second kappa shape index (κ2) is 12.1. The number of alkyl halides is 3. The molecule has 5 rings (SSSR count). The highest BCUT2D eigenvalue weighted by Gasteiger charge is 2.30. The lowest BCUT2D eigenvalue weighted by Gasteiger charge is -2.26. The van der Waals surface area contributed by atoms with Crippen molar-refractivity contribution in [2.45, 2.75) is 19.0 Å². The van der Waals surface area contributed by atoms with Crippen molar-refractivity contribution in [2.24, 2.45) is 0 Å². The van der Waals surface area contributed by atoms with E-state index in [1.165, 1.54) is 6.07 Å². The smallest absolute Gasteiger partial charge is 0.416 e. The summed E-state index contributed by atoms with van der Waals surface area (Å²) in [5.41, 5.74) is 3.30. The Bertz CT molecular complexity index is 1480. The average molecular weight is 553 g/mol. The van der Waals surface area contributed by atoms with Gasteiger partial charge in [-0.25, -0.2) is 4.98 Å². The highest BCUT2D eigenvalue weighted by molar-refractivity contribution is 5.77. The molecule has 210 valence electrons. The number of halogens is 3. The van der Waals surface area contributed by atoms with Gasteiger partial charge in [0.2, 0.25) is 5.91 Å². The molecule has 2 aromatic heterocycles. The zero-order valence-electron chi connectivity index (χ0n) is 22.2. The van der Waals surface area contributed by atoms with Crippen molar-refractivity contribution < 1.29 is 27.4 Å². The van der Waals surface area contributed by atoms with Crippen molar-refractivity contribution in [3.05, 3.63) is 78.1 Å². The molecule has 10 heteroatoms. The molecule has 3 heterocycles. The summed E-state index contributed by atoms with van der Waals surface area (Å²) in [6, 6.07) is 16.3. The molecule has 1 N–H and O–H groups in total. The Morgan fingerprint density at radius 3 is 2.58 bits per heavy atom. The lowest BCUT2D eigenvalue weighted by Crippen LogP contribution is -2.41. The summed E-state index contributed by atoms with van der Waals surface area (Å²) in [6.07, 6.45) is -2.02. The van der Waals surface area contributed by atoms with Crippen LogP contribution in [0, 0.1) is 0 Å². The Morgan fingerprint density at radius 2 is 1.80 bits per heavy atom. The Hall–Kier alpha value is -3.89. The number of hydrogen-bond donors (Lipinski definition) is 1. The first-order valence-electron chi connectivity index (χ1n) is 13.2. The predicted molar refractivity (Wildman–Crippen MR) is 146 cm³/mol. The highest BCUT2D eigenvalue weighted by atomic mass is 19.4. The fraction of sp³-hybridized carbons (Fsp3) is 0.333. The molecule has 7 nitrogen and oxygen atoms in total. The summed E-state index contributed by atoms with van der Waals surface area (Å²) >= 11 is 0. The maximum absolute atomic E-state index is 13.4. The molecule has 0 unspecified atom stereocenters. The van der Waals surface area contributed by atoms with Gasteiger partial charge in [0.25, 0.3) is 0 Å². The number of hydrogen-bond acceptors (Lipinski definition) is 5. The van der Waals surface area contributed by atoms with E-state index in [0.717, 1.165) is 43.0 Å². The summed E-state index contributed by atoms with van der Waals surface area (Å²) in [5.74, 6) is 0.597. The molecule has 0 spiro atoms. The van der Waals surface area contributed by atoms with Crippen LogP contribution in [0.15, 0.2) is 66.9 Å². The van der Waals surface area contributed by atoms with E-state index >= 15 is 0 Å². The molecule has 0 saturated carbocycles. The number of carbonyl (C=O) groups is 1. The van der Waals surface area contributed by atoms with Crippen molar-refractivity contribution >= 4 is 11.6 Å². The molecule has 0 atom stereocenters. The third kappa shape index (κ3) is 6.46. The van der Waals surface area contributed by atoms with Gasteiger partial charge in [-0.05, 0) is 53.9 Å². The van der Waals surface area contributed by atoms with Crippen LogP contribution in [-0.4, -0.2) is 66.7 Å². The maximum Gasteiger partial charge on any atom is 0.416 e. The van der Waals surface area contributed by atoms with E-state index < -0.39 is 11.7 Å². The number of ether oxygens (including phenoxy) is 2. The zero-order valence-corrected chi connectivity index (χ0v) is 22.2. The van der Waals surface area contributed by atoms with Crippen molar-refractivity contribution in [1.82, 2.24) is 19.6 Å². The lowest BCUT2D eigenvalue weighted by molar-refractivity contribution is -0.137. The van der Waals surface area contributed by atoms with Crippen LogP contribution < -0.4 is 10.1 Å². The van der Waals surface area contributed by atoms with Gasteiger partial charge in [-0.2, -0.15) is 13.2 Å². The number of fused-ring (bicyclic) bond motifs is 1. The second-order valence-corrected chi connectivity index (χ2v) is 9.67. The first-order valence-corrected chi connectivity index (χ1v) is 13.2. The average Bonchev–Trinajstić information content (AvgIpc) is 3.34. The molecule has 0 radical (unpaired) electrons. The number of imidazole rings is 1. The Kier molecular flexibility index (Phi) is 8.37. The highest BCUT2D eigenvalue weighted by Crippen LogP contribution is 2.33. The van der Waals surface area contributed by atoms with E-state index in [0.29, 0.717) is 54.4 Å². The number of nitrogens with zero attached hydrogens (tertiary/aromatic N) is 3. The summed E-state index contributed by atoms with van der Waals surface area (Å²) in [4.78, 5) is 19.9. The molecule has 40 heavy (non-hydrogen) atoms. The number of benzene rings is 2. The molecular formula is C30H31F3N4O3. The molecule has 1 aliphatic heterocycles. The third-order valence-corrected chi connectivity index (χ3v) is 7.03. The molecule has 0 aliphatic carbocycles. The van der Waals surface area contributed by atoms with Gasteiger partial charge in [0.05, 0.1) is 37.3 Å². The van der Waals surface area contributed by atoms with Crippen LogP contribution in [0.5, 0.6) is 5.75 Å². The Balaban J connectivity index is 1.43. The van der Waals surface area contributed by atoms with Crippen LogP contribution in [0.2, 0.25) is 0 Å². The Labute approximate surface area is 230 Å². The molecule has 1 aliphatic rings. The predicted octanol–water partition coefficient (Wildman–Crippen LogP) is 5.08. The van der Waals surface area contributed by atoms with Crippen LogP contribution in [0.3, 0.4) is 0 Å². The third-order valence-electron chi connectivity index (χ3n) is 7.03. The van der Waals surface area contributed by atoms with E-state index in [9.17, 15) is 18.0 Å². The SMILES string of the molecule is COc1cccc(-c2nc3ccc(-c4cccc(C(F)(F)F)c4)cn3c2CCC(=O)NCCN2CCOCC2)c1. The van der Waals surface area contributed by atoms with Crippen molar-refractivity contribution in [3.8, 4) is 28.1 Å². The number of aryl methyl sites for hydroxylation is 1. The molecule has 2 aromatic carbocycles. The minimum atomic E-state index is -4.44. The number of rotatable bonds is 9. The minimum absolute atomic E-state index is 0.0752. The van der Waals surface area contributed by atoms with Gasteiger partial charge < -0.3 is 19.2 Å². The fourth-order valence-electron chi connectivity index (χ4n) is 4.88. The monoisotopic (exact) mass is 552 g/mol. The van der Waals surface area contributed by atoms with Crippen molar-refractivity contribution in [1.29, 1.82) is 0 Å². The van der Waals surface area contributed by atoms with E-state index in [2.05, 4.69) is 10.2 Å². The van der Waals surface area contributed by atoms with Gasteiger partial charge in [0.15, 0.2) is 0 Å². The standard InChI is InChI=1S/C30H31F3N4O3/c1-39-25-7-3-5-22(19-25)29-26(9-11-28(38)34-12-13-36-14-16-40-17-15-36)37-20-23(8-10-27(37)35-29)21-4-2-6-24(18-21)30(31,32)33/h2-8,10,18-20H,9,11-17H2,1H3,(H,34,38).